The van der Waals surface area contributed by atoms with E-state index in [1.807, 2.05) is 6.07 Å². The number of fused-ring (bicyclic) bond motifs is 4. The lowest BCUT2D eigenvalue weighted by atomic mass is 9.78. The summed E-state index contributed by atoms with van der Waals surface area (Å²) in [6, 6.07) is 6.82. The van der Waals surface area contributed by atoms with Crippen LogP contribution in [0.4, 0.5) is 4.79 Å². The summed E-state index contributed by atoms with van der Waals surface area (Å²) in [6.45, 7) is 1.29. The van der Waals surface area contributed by atoms with Crippen molar-refractivity contribution < 1.29 is 19.4 Å². The molecule has 1 amide bonds. The van der Waals surface area contributed by atoms with Gasteiger partial charge in [0.1, 0.15) is 5.75 Å². The first-order valence-corrected chi connectivity index (χ1v) is 9.82. The van der Waals surface area contributed by atoms with E-state index in [0.717, 1.165) is 17.5 Å². The number of aromatic nitrogens is 1. The van der Waals surface area contributed by atoms with Gasteiger partial charge in [0.15, 0.2) is 11.2 Å². The molecule has 1 saturated heterocycles. The number of Topliss-reactive ketones (excluding diaryl/α,β-unsaturated/α-hetero) is 1. The Morgan fingerprint density at radius 3 is 2.86 bits per heavy atom. The molecule has 2 atom stereocenters. The van der Waals surface area contributed by atoms with E-state index in [1.165, 1.54) is 11.0 Å². The Labute approximate surface area is 167 Å². The van der Waals surface area contributed by atoms with E-state index in [0.29, 0.717) is 55.1 Å². The average Bonchev–Trinajstić information content (AvgIpc) is 3.08. The molecule has 3 aliphatic rings. The van der Waals surface area contributed by atoms with Crippen LogP contribution in [-0.4, -0.2) is 46.6 Å². The number of ether oxygens (including phenoxy) is 1. The highest BCUT2D eigenvalue weighted by Crippen LogP contribution is 2.40. The van der Waals surface area contributed by atoms with Crippen molar-refractivity contribution in [3.05, 3.63) is 57.4 Å². The van der Waals surface area contributed by atoms with Crippen LogP contribution in [0.3, 0.4) is 0 Å². The van der Waals surface area contributed by atoms with Crippen molar-refractivity contribution >= 4 is 11.9 Å². The van der Waals surface area contributed by atoms with E-state index in [-0.39, 0.29) is 23.0 Å². The van der Waals surface area contributed by atoms with Gasteiger partial charge in [-0.2, -0.15) is 0 Å². The number of hydrogen-bond donors (Lipinski definition) is 1. The first-order valence-electron chi connectivity index (χ1n) is 9.82. The fourth-order valence-corrected chi connectivity index (χ4v) is 4.78. The van der Waals surface area contributed by atoms with Gasteiger partial charge in [-0.1, -0.05) is 0 Å². The zero-order valence-electron chi connectivity index (χ0n) is 15.8. The molecule has 1 unspecified atom stereocenters. The monoisotopic (exact) mass is 392 g/mol. The fourth-order valence-electron chi connectivity index (χ4n) is 4.78. The summed E-state index contributed by atoms with van der Waals surface area (Å²) in [5.41, 5.74) is 3.23. The first-order chi connectivity index (χ1) is 14.0. The van der Waals surface area contributed by atoms with Gasteiger partial charge >= 0.3 is 6.09 Å². The van der Waals surface area contributed by atoms with Gasteiger partial charge in [0, 0.05) is 48.8 Å². The summed E-state index contributed by atoms with van der Waals surface area (Å²) in [4.78, 5) is 42.5. The third-order valence-corrected chi connectivity index (χ3v) is 6.29. The Kier molecular flexibility index (Phi) is 4.12. The molecule has 2 aliphatic heterocycles. The fraction of sp³-hybridized carbons (Fsp3) is 0.364. The number of hydrogen-bond acceptors (Lipinski definition) is 5. The molecule has 7 heteroatoms. The van der Waals surface area contributed by atoms with Gasteiger partial charge in [-0.25, -0.2) is 4.79 Å². The number of amides is 1. The third-order valence-electron chi connectivity index (χ3n) is 6.29. The lowest BCUT2D eigenvalue weighted by Crippen LogP contribution is -2.26. The number of rotatable bonds is 1. The molecule has 0 radical (unpaired) electrons. The smallest absolute Gasteiger partial charge is 0.407 e. The highest BCUT2D eigenvalue weighted by atomic mass is 16.5. The highest BCUT2D eigenvalue weighted by molar-refractivity contribution is 6.00. The van der Waals surface area contributed by atoms with Gasteiger partial charge in [0.2, 0.25) is 0 Å². The quantitative estimate of drug-likeness (QED) is 0.802. The predicted molar refractivity (Wildman–Crippen MR) is 105 cm³/mol. The molecule has 5 rings (SSSR count). The molecule has 0 spiro atoms. The van der Waals surface area contributed by atoms with Crippen molar-refractivity contribution in [2.24, 2.45) is 5.92 Å². The van der Waals surface area contributed by atoms with Crippen LogP contribution in [0.1, 0.15) is 40.2 Å². The summed E-state index contributed by atoms with van der Waals surface area (Å²) in [5.74, 6) is 0.824. The molecular weight excluding hydrogens is 372 g/mol. The normalized spacial score (nSPS) is 22.3. The van der Waals surface area contributed by atoms with E-state index in [1.54, 1.807) is 18.3 Å². The van der Waals surface area contributed by atoms with E-state index < -0.39 is 6.09 Å². The second kappa shape index (κ2) is 6.69. The molecule has 29 heavy (non-hydrogen) atoms. The zero-order chi connectivity index (χ0) is 20.1. The van der Waals surface area contributed by atoms with Crippen molar-refractivity contribution in [2.45, 2.75) is 25.2 Å². The van der Waals surface area contributed by atoms with Crippen LogP contribution in [0, 0.1) is 5.92 Å². The zero-order valence-corrected chi connectivity index (χ0v) is 15.8. The molecule has 1 aliphatic carbocycles. The number of ketones is 1. The van der Waals surface area contributed by atoms with Crippen LogP contribution in [-0.2, 0) is 6.42 Å². The number of carbonyl (C=O) groups is 2. The van der Waals surface area contributed by atoms with Gasteiger partial charge in [-0.15, -0.1) is 0 Å². The van der Waals surface area contributed by atoms with Crippen LogP contribution in [0.5, 0.6) is 5.75 Å². The number of benzene rings is 1. The Hall–Kier alpha value is -3.22. The van der Waals surface area contributed by atoms with Crippen molar-refractivity contribution in [3.8, 4) is 17.0 Å². The van der Waals surface area contributed by atoms with Crippen molar-refractivity contribution in [2.75, 3.05) is 19.7 Å². The van der Waals surface area contributed by atoms with Crippen LogP contribution in [0.15, 0.2) is 35.3 Å². The lowest BCUT2D eigenvalue weighted by Gasteiger charge is -2.24. The summed E-state index contributed by atoms with van der Waals surface area (Å²) in [5, 5.41) is 9.33. The summed E-state index contributed by atoms with van der Waals surface area (Å²) < 4.78 is 5.53. The number of likely N-dealkylation sites (tertiary alicyclic amines) is 1. The number of carbonyl (C=O) groups excluding carboxylic acids is 1. The number of nitrogens with zero attached hydrogens (tertiary/aromatic N) is 2. The second-order valence-corrected chi connectivity index (χ2v) is 7.91. The topological polar surface area (TPSA) is 96.8 Å². The minimum Gasteiger partial charge on any atom is -0.492 e. The highest BCUT2D eigenvalue weighted by Gasteiger charge is 2.40. The molecular formula is C22H20N2O5. The molecule has 1 fully saturated rings. The van der Waals surface area contributed by atoms with E-state index in [4.69, 9.17) is 4.74 Å². The summed E-state index contributed by atoms with van der Waals surface area (Å²) in [6.07, 6.45) is 2.59. The predicted octanol–water partition coefficient (Wildman–Crippen LogP) is 2.71. The summed E-state index contributed by atoms with van der Waals surface area (Å²) >= 11 is 0. The lowest BCUT2D eigenvalue weighted by molar-refractivity contribution is 0.0933. The van der Waals surface area contributed by atoms with E-state index in [9.17, 15) is 19.5 Å². The van der Waals surface area contributed by atoms with Gasteiger partial charge in [0.25, 0.3) is 0 Å². The maximum atomic E-state index is 13.0. The van der Waals surface area contributed by atoms with Crippen LogP contribution in [0.2, 0.25) is 0 Å². The number of carboxylic acid groups (broad SMARTS) is 1. The van der Waals surface area contributed by atoms with Crippen LogP contribution < -0.4 is 10.2 Å². The first kappa shape index (κ1) is 17.8. The van der Waals surface area contributed by atoms with Gasteiger partial charge in [-0.3, -0.25) is 14.6 Å². The Bertz CT molecular complexity index is 1100. The molecule has 1 aromatic heterocycles. The molecule has 148 valence electrons. The van der Waals surface area contributed by atoms with Crippen LogP contribution >= 0.6 is 0 Å². The maximum absolute atomic E-state index is 13.0. The molecule has 0 bridgehead atoms. The summed E-state index contributed by atoms with van der Waals surface area (Å²) in [7, 11) is 0. The average molecular weight is 392 g/mol. The molecule has 1 aromatic carbocycles. The minimum absolute atomic E-state index is 0.00816. The van der Waals surface area contributed by atoms with Crippen molar-refractivity contribution in [1.29, 1.82) is 0 Å². The Morgan fingerprint density at radius 1 is 1.17 bits per heavy atom. The maximum Gasteiger partial charge on any atom is 0.407 e. The minimum atomic E-state index is -0.918. The largest absolute Gasteiger partial charge is 0.492 e. The molecule has 3 heterocycles. The van der Waals surface area contributed by atoms with Gasteiger partial charge in [-0.05, 0) is 42.5 Å². The second-order valence-electron chi connectivity index (χ2n) is 7.91. The Balaban J connectivity index is 1.57. The Morgan fingerprint density at radius 2 is 2.03 bits per heavy atom. The molecule has 2 aromatic rings. The van der Waals surface area contributed by atoms with Gasteiger partial charge < -0.3 is 14.7 Å². The third kappa shape index (κ3) is 2.97. The van der Waals surface area contributed by atoms with E-state index >= 15 is 0 Å². The van der Waals surface area contributed by atoms with Crippen LogP contribution in [0.25, 0.3) is 11.3 Å². The van der Waals surface area contributed by atoms with E-state index in [2.05, 4.69) is 4.98 Å². The SMILES string of the molecule is O=C1CCOc2ccc(-c3cc(=O)c4c(cn3)[C@H]3CN(C(=O)O)CC3CC4)cc21. The molecule has 1 N–H and O–H groups in total. The molecule has 0 saturated carbocycles. The standard InChI is InChI=1S/C22H20N2O5/c25-19-5-6-29-21-4-2-12(7-15(19)21)18-8-20(26)14-3-1-13-10-24(22(27)28)11-17(13)16(14)9-23-18/h2,4,7-9,13,17H,1,3,5-6,10-11H2,(H,27,28)/t13?,17-/m0/s1. The molecule has 7 nitrogen and oxygen atoms in total. The van der Waals surface area contributed by atoms with Crippen molar-refractivity contribution in [3.63, 3.8) is 0 Å². The van der Waals surface area contributed by atoms with Crippen molar-refractivity contribution in [1.82, 2.24) is 9.88 Å². The van der Waals surface area contributed by atoms with Gasteiger partial charge in [0.05, 0.1) is 17.9 Å².